The molecule has 1 saturated heterocycles. The SMILES string of the molecule is CCC.CN1CCN(Sc2cc(C(=O)O)c(Cl)cc2Cl)CC1.CS.O=C(O)c1cc(SCl)c(Cl)cc1Cl. The number of rotatable bonds is 5. The summed E-state index contributed by atoms with van der Waals surface area (Å²) in [4.78, 5) is 25.1. The van der Waals surface area contributed by atoms with E-state index >= 15 is 0 Å². The van der Waals surface area contributed by atoms with Gasteiger partial charge in [0.15, 0.2) is 0 Å². The second kappa shape index (κ2) is 19.8. The third-order valence-electron chi connectivity index (χ3n) is 4.28. The Morgan fingerprint density at radius 2 is 1.19 bits per heavy atom. The van der Waals surface area contributed by atoms with E-state index in [4.69, 9.17) is 67.3 Å². The summed E-state index contributed by atoms with van der Waals surface area (Å²) in [6, 6.07) is 5.73. The molecule has 208 valence electrons. The zero-order chi connectivity index (χ0) is 28.7. The van der Waals surface area contributed by atoms with Crippen LogP contribution in [-0.2, 0) is 0 Å². The molecular formula is C23H29Cl5N2O4S3. The summed E-state index contributed by atoms with van der Waals surface area (Å²) in [6.07, 6.45) is 2.94. The highest BCUT2D eigenvalue weighted by Gasteiger charge is 2.19. The van der Waals surface area contributed by atoms with Crippen molar-refractivity contribution in [3.05, 3.63) is 55.5 Å². The third kappa shape index (κ3) is 13.1. The first kappa shape index (κ1) is 36.8. The number of nitrogens with zero attached hydrogens (tertiary/aromatic N) is 2. The van der Waals surface area contributed by atoms with Crippen LogP contribution in [0.2, 0.25) is 20.1 Å². The Morgan fingerprint density at radius 1 is 0.811 bits per heavy atom. The van der Waals surface area contributed by atoms with E-state index in [-0.39, 0.29) is 21.2 Å². The van der Waals surface area contributed by atoms with Gasteiger partial charge in [-0.25, -0.2) is 13.9 Å². The summed E-state index contributed by atoms with van der Waals surface area (Å²) >= 11 is 28.4. The summed E-state index contributed by atoms with van der Waals surface area (Å²) in [6.45, 7) is 8.07. The van der Waals surface area contributed by atoms with Crippen molar-refractivity contribution in [1.29, 1.82) is 0 Å². The molecule has 1 aliphatic rings. The average molecular weight is 671 g/mol. The highest BCUT2D eigenvalue weighted by atomic mass is 35.7. The second-order valence-corrected chi connectivity index (χ2v) is 11.1. The van der Waals surface area contributed by atoms with Crippen LogP contribution in [-0.4, -0.2) is 70.8 Å². The van der Waals surface area contributed by atoms with Crippen molar-refractivity contribution in [2.45, 2.75) is 30.1 Å². The van der Waals surface area contributed by atoms with E-state index in [0.717, 1.165) is 42.0 Å². The average Bonchev–Trinajstić information content (AvgIpc) is 2.84. The Kier molecular flexibility index (Phi) is 19.7. The number of thiol groups is 1. The number of carboxylic acid groups (broad SMARTS) is 2. The van der Waals surface area contributed by atoms with Crippen molar-refractivity contribution in [2.24, 2.45) is 0 Å². The molecule has 6 nitrogen and oxygen atoms in total. The first-order chi connectivity index (χ1) is 17.4. The van der Waals surface area contributed by atoms with E-state index in [1.54, 1.807) is 6.26 Å². The molecule has 0 unspecified atom stereocenters. The van der Waals surface area contributed by atoms with Gasteiger partial charge < -0.3 is 15.1 Å². The fraction of sp³-hybridized carbons (Fsp3) is 0.391. The van der Waals surface area contributed by atoms with Gasteiger partial charge in [0.1, 0.15) is 0 Å². The largest absolute Gasteiger partial charge is 0.478 e. The molecule has 0 amide bonds. The van der Waals surface area contributed by atoms with Crippen molar-refractivity contribution in [3.8, 4) is 0 Å². The highest BCUT2D eigenvalue weighted by molar-refractivity contribution is 8.21. The van der Waals surface area contributed by atoms with Crippen LogP contribution in [0.25, 0.3) is 0 Å². The van der Waals surface area contributed by atoms with Crippen LogP contribution < -0.4 is 0 Å². The molecule has 1 aliphatic heterocycles. The minimum Gasteiger partial charge on any atom is -0.478 e. The number of hydrogen-bond acceptors (Lipinski definition) is 7. The zero-order valence-corrected chi connectivity index (χ0v) is 26.9. The van der Waals surface area contributed by atoms with Gasteiger partial charge in [-0.2, -0.15) is 12.6 Å². The first-order valence-corrected chi connectivity index (χ1v) is 15.6. The van der Waals surface area contributed by atoms with E-state index in [1.807, 2.05) is 0 Å². The quantitative estimate of drug-likeness (QED) is 0.215. The molecule has 0 spiro atoms. The number of piperazine rings is 1. The molecule has 14 heteroatoms. The fourth-order valence-electron chi connectivity index (χ4n) is 2.53. The van der Waals surface area contributed by atoms with Crippen molar-refractivity contribution in [1.82, 2.24) is 9.21 Å². The number of hydrogen-bond donors (Lipinski definition) is 3. The summed E-state index contributed by atoms with van der Waals surface area (Å²) < 4.78 is 2.18. The van der Waals surface area contributed by atoms with Crippen LogP contribution in [0.4, 0.5) is 0 Å². The number of carboxylic acids is 2. The van der Waals surface area contributed by atoms with Gasteiger partial charge in [-0.3, -0.25) is 0 Å². The molecule has 0 aromatic heterocycles. The minimum atomic E-state index is -1.10. The molecule has 0 atom stereocenters. The van der Waals surface area contributed by atoms with Gasteiger partial charge in [-0.15, -0.1) is 0 Å². The lowest BCUT2D eigenvalue weighted by molar-refractivity contribution is 0.0686. The van der Waals surface area contributed by atoms with Gasteiger partial charge in [-0.1, -0.05) is 66.7 Å². The lowest BCUT2D eigenvalue weighted by atomic mass is 10.2. The molecular weight excluding hydrogens is 642 g/mol. The lowest BCUT2D eigenvalue weighted by Crippen LogP contribution is -2.41. The third-order valence-corrected chi connectivity index (χ3v) is 7.91. The molecule has 2 N–H and O–H groups in total. The van der Waals surface area contributed by atoms with Gasteiger partial charge in [0, 0.05) is 36.0 Å². The zero-order valence-electron chi connectivity index (χ0n) is 20.6. The Bertz CT molecular complexity index is 1030. The van der Waals surface area contributed by atoms with Crippen molar-refractivity contribution >= 4 is 105 Å². The molecule has 0 saturated carbocycles. The van der Waals surface area contributed by atoms with Gasteiger partial charge in [0.25, 0.3) is 0 Å². The summed E-state index contributed by atoms with van der Waals surface area (Å²) in [7, 11) is 8.39. The van der Waals surface area contributed by atoms with Crippen LogP contribution in [0.3, 0.4) is 0 Å². The Morgan fingerprint density at radius 3 is 1.57 bits per heavy atom. The monoisotopic (exact) mass is 668 g/mol. The molecule has 2 aromatic rings. The van der Waals surface area contributed by atoms with Gasteiger partial charge in [0.05, 0.1) is 31.2 Å². The normalized spacial score (nSPS) is 13.2. The molecule has 37 heavy (non-hydrogen) atoms. The number of benzene rings is 2. The Hall–Kier alpha value is -0.200. The summed E-state index contributed by atoms with van der Waals surface area (Å²) in [5, 5.41) is 18.9. The molecule has 0 aliphatic carbocycles. The van der Waals surface area contributed by atoms with Crippen LogP contribution in [0, 0.1) is 0 Å². The first-order valence-electron chi connectivity index (χ1n) is 10.7. The Balaban J connectivity index is 0.000000626. The standard InChI is InChI=1S/C12H14Cl2N2O2S.C7H3Cl3O2S.C3H8.CH4S/c1-15-2-4-16(5-3-15)19-11-6-8(12(17)18)9(13)7-10(11)14;8-4-2-5(9)6(13-10)1-3(4)7(11)12;1-3-2;1-2/h6-7H,2-5H2,1H3,(H,17,18);1-2H,(H,11,12);3H2,1-2H3;2H,1H3. The topological polar surface area (TPSA) is 81.1 Å². The summed E-state index contributed by atoms with van der Waals surface area (Å²) in [5.41, 5.74) is 0.0805. The number of carbonyl (C=O) groups is 2. The highest BCUT2D eigenvalue weighted by Crippen LogP contribution is 2.35. The summed E-state index contributed by atoms with van der Waals surface area (Å²) in [5.74, 6) is -2.14. The van der Waals surface area contributed by atoms with Gasteiger partial charge in [0.2, 0.25) is 0 Å². The van der Waals surface area contributed by atoms with E-state index in [1.165, 1.54) is 42.6 Å². The lowest BCUT2D eigenvalue weighted by Gasteiger charge is -2.31. The van der Waals surface area contributed by atoms with Crippen LogP contribution in [0.15, 0.2) is 34.1 Å². The Labute approximate surface area is 257 Å². The van der Waals surface area contributed by atoms with Crippen LogP contribution >= 0.6 is 92.6 Å². The van der Waals surface area contributed by atoms with Crippen molar-refractivity contribution in [2.75, 3.05) is 39.5 Å². The van der Waals surface area contributed by atoms with E-state index in [0.29, 0.717) is 14.9 Å². The maximum atomic E-state index is 11.1. The number of halogens is 5. The molecule has 0 radical (unpaired) electrons. The fourth-order valence-corrected chi connectivity index (χ4v) is 5.42. The van der Waals surface area contributed by atoms with Gasteiger partial charge >= 0.3 is 11.9 Å². The predicted molar refractivity (Wildman–Crippen MR) is 164 cm³/mol. The van der Waals surface area contributed by atoms with E-state index < -0.39 is 11.9 Å². The maximum Gasteiger partial charge on any atom is 0.337 e. The predicted octanol–water partition coefficient (Wildman–Crippen LogP) is 8.85. The van der Waals surface area contributed by atoms with Crippen molar-refractivity contribution < 1.29 is 19.8 Å². The second-order valence-electron chi connectivity index (χ2n) is 7.24. The smallest absolute Gasteiger partial charge is 0.337 e. The van der Waals surface area contributed by atoms with Gasteiger partial charge in [-0.05, 0) is 71.2 Å². The molecule has 3 rings (SSSR count). The van der Waals surface area contributed by atoms with E-state index in [9.17, 15) is 9.59 Å². The van der Waals surface area contributed by atoms with E-state index in [2.05, 4.69) is 42.7 Å². The van der Waals surface area contributed by atoms with Crippen molar-refractivity contribution in [3.63, 3.8) is 0 Å². The maximum absolute atomic E-state index is 11.1. The number of likely N-dealkylation sites (N-methyl/N-ethyl adjacent to an activating group) is 1. The molecule has 1 heterocycles. The van der Waals surface area contributed by atoms with Crippen LogP contribution in [0.5, 0.6) is 0 Å². The minimum absolute atomic E-state index is 0.00535. The number of aromatic carboxylic acids is 2. The van der Waals surface area contributed by atoms with Crippen LogP contribution in [0.1, 0.15) is 41.0 Å². The molecule has 2 aromatic carbocycles. The molecule has 1 fully saturated rings. The molecule has 0 bridgehead atoms.